The van der Waals surface area contributed by atoms with Crippen LogP contribution in [0.15, 0.2) is 60.7 Å². The molecule has 0 atom stereocenters. The maximum Gasteiger partial charge on any atom is 0.261 e. The smallest absolute Gasteiger partial charge is 0.261 e. The van der Waals surface area contributed by atoms with Crippen LogP contribution in [-0.4, -0.2) is 38.8 Å². The molecule has 0 radical (unpaired) electrons. The number of rotatable bonds is 6. The van der Waals surface area contributed by atoms with Gasteiger partial charge >= 0.3 is 0 Å². The summed E-state index contributed by atoms with van der Waals surface area (Å²) in [5, 5.41) is 4.03. The Bertz CT molecular complexity index is 968. The summed E-state index contributed by atoms with van der Waals surface area (Å²) >= 11 is 1.50. The number of halogens is 1. The summed E-state index contributed by atoms with van der Waals surface area (Å²) in [6.07, 6.45) is 0.464. The van der Waals surface area contributed by atoms with E-state index in [9.17, 15) is 9.18 Å². The number of ether oxygens (including phenoxy) is 1. The average Bonchev–Trinajstić information content (AvgIpc) is 3.22. The summed E-state index contributed by atoms with van der Waals surface area (Å²) in [5.41, 5.74) is 2.77. The van der Waals surface area contributed by atoms with Crippen molar-refractivity contribution >= 4 is 22.2 Å². The Morgan fingerprint density at radius 3 is 2.55 bits per heavy atom. The van der Waals surface area contributed by atoms with Crippen LogP contribution in [0.1, 0.15) is 15.2 Å². The normalized spacial score (nSPS) is 14.0. The summed E-state index contributed by atoms with van der Waals surface area (Å²) in [4.78, 5) is 15.7. The van der Waals surface area contributed by atoms with Crippen LogP contribution >= 0.6 is 11.3 Å². The highest BCUT2D eigenvalue weighted by Crippen LogP contribution is 2.39. The molecule has 2 aromatic carbocycles. The summed E-state index contributed by atoms with van der Waals surface area (Å²) < 4.78 is 19.2. The number of nitrogens with one attached hydrogen (secondary N) is 1. The van der Waals surface area contributed by atoms with Gasteiger partial charge in [0.15, 0.2) is 0 Å². The molecule has 6 heteroatoms. The van der Waals surface area contributed by atoms with E-state index in [-0.39, 0.29) is 11.7 Å². The number of hydrogen-bond acceptors (Lipinski definition) is 4. The molecule has 3 aromatic rings. The zero-order valence-corrected chi connectivity index (χ0v) is 16.9. The largest absolute Gasteiger partial charge is 0.378 e. The number of carbonyl (C=O) groups is 1. The van der Waals surface area contributed by atoms with Gasteiger partial charge in [-0.25, -0.2) is 4.39 Å². The lowest BCUT2D eigenvalue weighted by molar-refractivity contribution is 0.0958. The third-order valence-corrected chi connectivity index (χ3v) is 6.15. The van der Waals surface area contributed by atoms with E-state index in [0.29, 0.717) is 36.6 Å². The van der Waals surface area contributed by atoms with Gasteiger partial charge < -0.3 is 15.0 Å². The van der Waals surface area contributed by atoms with Gasteiger partial charge in [0.2, 0.25) is 0 Å². The van der Waals surface area contributed by atoms with Crippen molar-refractivity contribution < 1.29 is 13.9 Å². The molecule has 1 aromatic heterocycles. The molecule has 150 valence electrons. The average molecular weight is 411 g/mol. The molecule has 0 aliphatic carbocycles. The van der Waals surface area contributed by atoms with Gasteiger partial charge in [-0.05, 0) is 29.7 Å². The lowest BCUT2D eigenvalue weighted by Crippen LogP contribution is -2.35. The van der Waals surface area contributed by atoms with Crippen LogP contribution in [0, 0.1) is 5.82 Å². The van der Waals surface area contributed by atoms with E-state index in [4.69, 9.17) is 4.74 Å². The third kappa shape index (κ3) is 4.66. The molecule has 0 saturated carbocycles. The molecule has 29 heavy (non-hydrogen) atoms. The lowest BCUT2D eigenvalue weighted by atomic mass is 10.1. The molecule has 1 aliphatic heterocycles. The number of nitrogens with zero attached hydrogens (tertiary/aromatic N) is 1. The van der Waals surface area contributed by atoms with Gasteiger partial charge in [-0.3, -0.25) is 4.79 Å². The van der Waals surface area contributed by atoms with E-state index >= 15 is 0 Å². The van der Waals surface area contributed by atoms with Crippen molar-refractivity contribution in [1.82, 2.24) is 5.32 Å². The van der Waals surface area contributed by atoms with E-state index in [1.807, 2.05) is 24.3 Å². The van der Waals surface area contributed by atoms with Gasteiger partial charge in [-0.1, -0.05) is 48.5 Å². The van der Waals surface area contributed by atoms with Crippen molar-refractivity contribution in [2.24, 2.45) is 0 Å². The monoisotopic (exact) mass is 410 g/mol. The molecular weight excluding hydrogens is 387 g/mol. The molecule has 0 bridgehead atoms. The van der Waals surface area contributed by atoms with Crippen LogP contribution in [0.3, 0.4) is 0 Å². The van der Waals surface area contributed by atoms with Gasteiger partial charge in [0.25, 0.3) is 5.91 Å². The molecule has 1 aliphatic rings. The highest BCUT2D eigenvalue weighted by atomic mass is 32.1. The minimum atomic E-state index is -0.237. The molecule has 4 nitrogen and oxygen atoms in total. The Balaban J connectivity index is 1.51. The molecule has 1 fully saturated rings. The standard InChI is InChI=1S/C23H23FN2O2S/c24-20-9-5-4-8-18(20)10-11-25-22(27)21-16-19(17-6-2-1-3-7-17)23(29-21)26-12-14-28-15-13-26/h1-9,16H,10-15H2,(H,25,27). The second-order valence-corrected chi connectivity index (χ2v) is 7.92. The highest BCUT2D eigenvalue weighted by molar-refractivity contribution is 7.18. The van der Waals surface area contributed by atoms with Gasteiger partial charge in [0, 0.05) is 25.2 Å². The maximum absolute atomic E-state index is 13.8. The Labute approximate surface area is 173 Å². The molecule has 4 rings (SSSR count). The predicted molar refractivity (Wildman–Crippen MR) is 115 cm³/mol. The Hall–Kier alpha value is -2.70. The SMILES string of the molecule is O=C(NCCc1ccccc1F)c1cc(-c2ccccc2)c(N2CCOCC2)s1. The molecule has 1 amide bonds. The Kier molecular flexibility index (Phi) is 6.22. The van der Waals surface area contributed by atoms with Gasteiger partial charge in [-0.15, -0.1) is 11.3 Å². The second kappa shape index (κ2) is 9.20. The van der Waals surface area contributed by atoms with Crippen molar-refractivity contribution in [1.29, 1.82) is 0 Å². The Morgan fingerprint density at radius 2 is 1.79 bits per heavy atom. The molecule has 0 unspecified atom stereocenters. The number of benzene rings is 2. The molecule has 1 saturated heterocycles. The lowest BCUT2D eigenvalue weighted by Gasteiger charge is -2.28. The maximum atomic E-state index is 13.8. The Morgan fingerprint density at radius 1 is 1.07 bits per heavy atom. The first-order valence-corrected chi connectivity index (χ1v) is 10.6. The number of anilines is 1. The molecule has 1 N–H and O–H groups in total. The van der Waals surface area contributed by atoms with Crippen molar-refractivity contribution in [3.8, 4) is 11.1 Å². The quantitative estimate of drug-likeness (QED) is 0.656. The van der Waals surface area contributed by atoms with E-state index in [1.165, 1.54) is 17.4 Å². The van der Waals surface area contributed by atoms with Crippen molar-refractivity contribution in [3.05, 3.63) is 76.9 Å². The first kappa shape index (κ1) is 19.6. The predicted octanol–water partition coefficient (Wildman–Crippen LogP) is 4.36. The van der Waals surface area contributed by atoms with Gasteiger partial charge in [0.05, 0.1) is 23.1 Å². The highest BCUT2D eigenvalue weighted by Gasteiger charge is 2.21. The fourth-order valence-electron chi connectivity index (χ4n) is 3.42. The fourth-order valence-corrected chi connectivity index (χ4v) is 4.57. The van der Waals surface area contributed by atoms with E-state index in [1.54, 1.807) is 18.2 Å². The number of hydrogen-bond donors (Lipinski definition) is 1. The van der Waals surface area contributed by atoms with Crippen LogP contribution in [0.2, 0.25) is 0 Å². The molecule has 2 heterocycles. The van der Waals surface area contributed by atoms with Crippen molar-refractivity contribution in [2.75, 3.05) is 37.7 Å². The molecule has 0 spiro atoms. The van der Waals surface area contributed by atoms with E-state index < -0.39 is 0 Å². The van der Waals surface area contributed by atoms with E-state index in [2.05, 4.69) is 22.3 Å². The molecular formula is C23H23FN2O2S. The first-order chi connectivity index (χ1) is 14.2. The van der Waals surface area contributed by atoms with Gasteiger partial charge in [0.1, 0.15) is 5.82 Å². The summed E-state index contributed by atoms with van der Waals surface area (Å²) in [6.45, 7) is 3.40. The minimum Gasteiger partial charge on any atom is -0.378 e. The van der Waals surface area contributed by atoms with Crippen molar-refractivity contribution in [3.63, 3.8) is 0 Å². The van der Waals surface area contributed by atoms with Crippen LogP contribution < -0.4 is 10.2 Å². The number of carbonyl (C=O) groups excluding carboxylic acids is 1. The van der Waals surface area contributed by atoms with Crippen LogP contribution in [0.25, 0.3) is 11.1 Å². The summed E-state index contributed by atoms with van der Waals surface area (Å²) in [6, 6.07) is 18.7. The fraction of sp³-hybridized carbons (Fsp3) is 0.261. The zero-order chi connectivity index (χ0) is 20.1. The topological polar surface area (TPSA) is 41.6 Å². The number of thiophene rings is 1. The number of morpholine rings is 1. The van der Waals surface area contributed by atoms with E-state index in [0.717, 1.165) is 29.2 Å². The van der Waals surface area contributed by atoms with Crippen molar-refractivity contribution in [2.45, 2.75) is 6.42 Å². The third-order valence-electron chi connectivity index (χ3n) is 4.96. The van der Waals surface area contributed by atoms with Crippen LogP contribution in [0.5, 0.6) is 0 Å². The zero-order valence-electron chi connectivity index (χ0n) is 16.1. The summed E-state index contributed by atoms with van der Waals surface area (Å²) in [7, 11) is 0. The summed E-state index contributed by atoms with van der Waals surface area (Å²) in [5.74, 6) is -0.359. The minimum absolute atomic E-state index is 0.122. The second-order valence-electron chi connectivity index (χ2n) is 6.89. The van der Waals surface area contributed by atoms with Crippen LogP contribution in [0.4, 0.5) is 9.39 Å². The van der Waals surface area contributed by atoms with Gasteiger partial charge in [-0.2, -0.15) is 0 Å². The number of amides is 1. The van der Waals surface area contributed by atoms with Crippen LogP contribution in [-0.2, 0) is 11.2 Å². The first-order valence-electron chi connectivity index (χ1n) is 9.76.